The van der Waals surface area contributed by atoms with Crippen LogP contribution < -0.4 is 4.74 Å². The Morgan fingerprint density at radius 1 is 0.891 bits per heavy atom. The largest absolute Gasteiger partial charge is 0.490 e. The molecule has 0 aromatic carbocycles. The lowest BCUT2D eigenvalue weighted by Gasteiger charge is -2.43. The van der Waals surface area contributed by atoms with Crippen molar-refractivity contribution in [3.05, 3.63) is 54.2 Å². The number of aromatic nitrogens is 2. The molecule has 0 saturated carbocycles. The highest BCUT2D eigenvalue weighted by Crippen LogP contribution is 2.41. The van der Waals surface area contributed by atoms with Crippen LogP contribution in [0, 0.1) is 11.2 Å². The van der Waals surface area contributed by atoms with Gasteiger partial charge in [0.05, 0.1) is 12.7 Å². The molecule has 2 aromatic heterocycles. The third-order valence-corrected chi connectivity index (χ3v) is 5.95. The summed E-state index contributed by atoms with van der Waals surface area (Å²) in [6.07, 6.45) is -7.98. The summed E-state index contributed by atoms with van der Waals surface area (Å²) < 4.78 is 121. The summed E-state index contributed by atoms with van der Waals surface area (Å²) in [7, 11) is 0. The Labute approximate surface area is 252 Å². The number of carboxylic acid groups (broad SMARTS) is 3. The molecule has 0 amide bonds. The van der Waals surface area contributed by atoms with Crippen molar-refractivity contribution in [1.82, 2.24) is 14.9 Å². The highest BCUT2D eigenvalue weighted by atomic mass is 19.4. The van der Waals surface area contributed by atoms with Crippen LogP contribution in [0.4, 0.5) is 43.9 Å². The van der Waals surface area contributed by atoms with Crippen molar-refractivity contribution < 1.29 is 83.1 Å². The van der Waals surface area contributed by atoms with Gasteiger partial charge < -0.3 is 24.8 Å². The molecule has 2 aliphatic rings. The zero-order chi connectivity index (χ0) is 35.3. The number of nitrogens with zero attached hydrogens (tertiary/aromatic N) is 3. The minimum absolute atomic E-state index is 0.0776. The van der Waals surface area contributed by atoms with Crippen LogP contribution in [0.1, 0.15) is 18.4 Å². The summed E-state index contributed by atoms with van der Waals surface area (Å²) in [6, 6.07) is 7.03. The van der Waals surface area contributed by atoms with Gasteiger partial charge in [-0.2, -0.15) is 39.5 Å². The second-order valence-electron chi connectivity index (χ2n) is 9.31. The van der Waals surface area contributed by atoms with Crippen molar-refractivity contribution in [1.29, 1.82) is 0 Å². The van der Waals surface area contributed by atoms with Gasteiger partial charge in [-0.1, -0.05) is 0 Å². The van der Waals surface area contributed by atoms with Gasteiger partial charge in [0.25, 0.3) is 0 Å². The number of halogens is 10. The van der Waals surface area contributed by atoms with E-state index >= 15 is 0 Å². The predicted molar refractivity (Wildman–Crippen MR) is 132 cm³/mol. The van der Waals surface area contributed by atoms with Gasteiger partial charge in [-0.05, 0) is 42.7 Å². The van der Waals surface area contributed by atoms with Crippen molar-refractivity contribution in [2.75, 3.05) is 26.3 Å². The summed E-state index contributed by atoms with van der Waals surface area (Å²) in [5.41, 5.74) is 1.15. The minimum Gasteiger partial charge on any atom is -0.475 e. The maximum Gasteiger partial charge on any atom is 0.490 e. The van der Waals surface area contributed by atoms with E-state index in [0.29, 0.717) is 6.61 Å². The number of fused-ring (bicyclic) bond motifs is 1. The molecule has 2 saturated heterocycles. The van der Waals surface area contributed by atoms with Gasteiger partial charge >= 0.3 is 36.4 Å². The fourth-order valence-corrected chi connectivity index (χ4v) is 3.92. The van der Waals surface area contributed by atoms with Crippen LogP contribution in [0.15, 0.2) is 42.9 Å². The molecule has 2 fully saturated rings. The number of piperidine rings is 1. The highest BCUT2D eigenvalue weighted by Gasteiger charge is 2.48. The maximum absolute atomic E-state index is 13.8. The molecule has 4 heterocycles. The third-order valence-electron chi connectivity index (χ3n) is 5.95. The summed E-state index contributed by atoms with van der Waals surface area (Å²) in [4.78, 5) is 37.2. The van der Waals surface area contributed by atoms with Crippen molar-refractivity contribution >= 4 is 17.9 Å². The number of ether oxygens (including phenoxy) is 2. The number of carboxylic acids is 3. The van der Waals surface area contributed by atoms with Gasteiger partial charge in [-0.25, -0.2) is 23.8 Å². The van der Waals surface area contributed by atoms with Gasteiger partial charge in [-0.15, -0.1) is 0 Å². The van der Waals surface area contributed by atoms with Crippen LogP contribution in [0.25, 0.3) is 0 Å². The molecule has 4 rings (SSSR count). The average molecular weight is 685 g/mol. The van der Waals surface area contributed by atoms with E-state index in [0.717, 1.165) is 39.1 Å². The normalized spacial score (nSPS) is 19.5. The van der Waals surface area contributed by atoms with E-state index in [1.807, 2.05) is 24.5 Å². The molecule has 2 atom stereocenters. The van der Waals surface area contributed by atoms with Crippen molar-refractivity contribution in [3.63, 3.8) is 0 Å². The molecule has 3 N–H and O–H groups in total. The van der Waals surface area contributed by atoms with E-state index < -0.39 is 42.3 Å². The number of hydrogen-bond acceptors (Lipinski definition) is 8. The standard InChI is InChI=1S/C19H22FN3O2.3C2HF3O2/c20-16-2-1-7-22-18(16)25-14-19-6-11-24-17(19)5-10-23(13-19)12-15-3-8-21-9-4-15;3*3-2(4,5)1(6)7/h1-4,7-9,17H,5-6,10-14H2;3*(H,6,7)/t17-,19+;;;/m1.../s1. The molecule has 258 valence electrons. The molecule has 0 aliphatic carbocycles. The predicted octanol–water partition coefficient (Wildman–Crippen LogP) is 4.58. The lowest BCUT2D eigenvalue weighted by atomic mass is 9.77. The topological polar surface area (TPSA) is 159 Å². The Morgan fingerprint density at radius 2 is 1.39 bits per heavy atom. The zero-order valence-corrected chi connectivity index (χ0v) is 23.1. The zero-order valence-electron chi connectivity index (χ0n) is 23.1. The first-order chi connectivity index (χ1) is 21.1. The number of aliphatic carboxylic acids is 3. The molecule has 0 unspecified atom stereocenters. The van der Waals surface area contributed by atoms with E-state index in [9.17, 15) is 43.9 Å². The fraction of sp³-hybridized carbons (Fsp3) is 0.480. The van der Waals surface area contributed by atoms with E-state index in [-0.39, 0.29) is 17.4 Å². The summed E-state index contributed by atoms with van der Waals surface area (Å²) in [5, 5.41) is 21.4. The third kappa shape index (κ3) is 13.8. The summed E-state index contributed by atoms with van der Waals surface area (Å²) in [5.74, 6) is -8.61. The van der Waals surface area contributed by atoms with Gasteiger partial charge in [0, 0.05) is 50.2 Å². The maximum atomic E-state index is 13.8. The van der Waals surface area contributed by atoms with Crippen molar-refractivity contribution in [2.45, 2.75) is 44.0 Å². The second kappa shape index (κ2) is 16.9. The average Bonchev–Trinajstić information content (AvgIpc) is 3.36. The van der Waals surface area contributed by atoms with E-state index in [1.165, 1.54) is 11.6 Å². The minimum atomic E-state index is -5.08. The molecular formula is C25H25F10N3O8. The first-order valence-corrected chi connectivity index (χ1v) is 12.4. The fourth-order valence-electron chi connectivity index (χ4n) is 3.92. The lowest BCUT2D eigenvalue weighted by molar-refractivity contribution is -0.193. The van der Waals surface area contributed by atoms with Gasteiger partial charge in [0.2, 0.25) is 5.88 Å². The summed E-state index contributed by atoms with van der Waals surface area (Å²) >= 11 is 0. The molecular weight excluding hydrogens is 660 g/mol. The number of carbonyl (C=O) groups is 3. The molecule has 0 spiro atoms. The van der Waals surface area contributed by atoms with E-state index in [4.69, 9.17) is 39.2 Å². The lowest BCUT2D eigenvalue weighted by Crippen LogP contribution is -2.52. The van der Waals surface area contributed by atoms with Crippen LogP contribution in [-0.4, -0.2) is 99.0 Å². The first kappa shape index (κ1) is 39.8. The second-order valence-corrected chi connectivity index (χ2v) is 9.31. The molecule has 2 aliphatic heterocycles. The van der Waals surface area contributed by atoms with Gasteiger partial charge in [0.15, 0.2) is 5.82 Å². The molecule has 46 heavy (non-hydrogen) atoms. The Hall–Kier alpha value is -4.27. The quantitative estimate of drug-likeness (QED) is 0.379. The van der Waals surface area contributed by atoms with E-state index in [1.54, 1.807) is 12.3 Å². The Bertz CT molecular complexity index is 1220. The van der Waals surface area contributed by atoms with Crippen molar-refractivity contribution in [3.8, 4) is 5.88 Å². The molecule has 0 bridgehead atoms. The van der Waals surface area contributed by atoms with Crippen LogP contribution in [-0.2, 0) is 25.7 Å². The number of alkyl halides is 9. The molecule has 11 nitrogen and oxygen atoms in total. The molecule has 2 aromatic rings. The van der Waals surface area contributed by atoms with Crippen LogP contribution >= 0.6 is 0 Å². The van der Waals surface area contributed by atoms with Crippen LogP contribution in [0.3, 0.4) is 0 Å². The Morgan fingerprint density at radius 3 is 1.85 bits per heavy atom. The SMILES string of the molecule is Fc1cccnc1OC[C@@]12CCO[C@@H]1CCN(Cc1ccncc1)C2.O=C(O)C(F)(F)F.O=C(O)C(F)(F)F.O=C(O)C(F)(F)F. The van der Waals surface area contributed by atoms with Crippen LogP contribution in [0.5, 0.6) is 5.88 Å². The molecule has 21 heteroatoms. The van der Waals surface area contributed by atoms with Crippen LogP contribution in [0.2, 0.25) is 0 Å². The number of hydrogen-bond donors (Lipinski definition) is 3. The number of likely N-dealkylation sites (tertiary alicyclic amines) is 1. The Balaban J connectivity index is 0.000000413. The van der Waals surface area contributed by atoms with Gasteiger partial charge in [-0.3, -0.25) is 9.88 Å². The van der Waals surface area contributed by atoms with Crippen molar-refractivity contribution in [2.24, 2.45) is 5.41 Å². The monoisotopic (exact) mass is 685 g/mol. The number of rotatable bonds is 5. The number of pyridine rings is 2. The highest BCUT2D eigenvalue weighted by molar-refractivity contribution is 5.73. The van der Waals surface area contributed by atoms with E-state index in [2.05, 4.69) is 14.9 Å². The van der Waals surface area contributed by atoms with Gasteiger partial charge in [0.1, 0.15) is 0 Å². The molecule has 0 radical (unpaired) electrons. The summed E-state index contributed by atoms with van der Waals surface area (Å²) in [6.45, 7) is 3.93. The first-order valence-electron chi connectivity index (χ1n) is 12.4. The Kier molecular flexibility index (Phi) is 14.6. The smallest absolute Gasteiger partial charge is 0.475 e.